The summed E-state index contributed by atoms with van der Waals surface area (Å²) in [7, 11) is 0. The van der Waals surface area contributed by atoms with E-state index >= 15 is 0 Å². The van der Waals surface area contributed by atoms with Crippen molar-refractivity contribution in [1.82, 2.24) is 0 Å². The van der Waals surface area contributed by atoms with Crippen LogP contribution in [0.3, 0.4) is 0 Å². The topological polar surface area (TPSA) is 105 Å². The Hall–Kier alpha value is -1.46. The Morgan fingerprint density at radius 1 is 1.13 bits per heavy atom. The van der Waals surface area contributed by atoms with Crippen LogP contribution in [0.2, 0.25) is 0 Å². The number of hydrogen-bond donors (Lipinski definition) is 2. The molecule has 0 bridgehead atoms. The van der Waals surface area contributed by atoms with Crippen LogP contribution in [0.1, 0.15) is 25.7 Å². The van der Waals surface area contributed by atoms with E-state index in [9.17, 15) is 9.59 Å². The van der Waals surface area contributed by atoms with E-state index in [4.69, 9.17) is 20.9 Å². The molecule has 0 spiro atoms. The monoisotopic (exact) mass is 216 g/mol. The second-order valence-corrected chi connectivity index (χ2v) is 3.65. The molecule has 0 radical (unpaired) electrons. The molecule has 4 N–H and O–H groups in total. The molecule has 1 saturated carbocycles. The van der Waals surface area contributed by atoms with Crippen molar-refractivity contribution in [1.29, 1.82) is 0 Å². The fourth-order valence-electron chi connectivity index (χ4n) is 1.86. The molecule has 1 fully saturated rings. The quantitative estimate of drug-likeness (QED) is 0.725. The first-order valence-corrected chi connectivity index (χ1v) is 4.98. The van der Waals surface area contributed by atoms with Crippen molar-refractivity contribution in [3.05, 3.63) is 0 Å². The standard InChI is InChI=1S/C9H16N2O4/c10-8(12)14-5-6-3-1-2-4-7(6)15-9(11)13/h6-7H,1-5H2,(H2,10,12)(H2,11,13)/t6-,7+/m1/s1. The molecule has 0 aromatic carbocycles. The second kappa shape index (κ2) is 5.43. The Kier molecular flexibility index (Phi) is 4.20. The molecule has 1 aliphatic rings. The third-order valence-electron chi connectivity index (χ3n) is 2.55. The average Bonchev–Trinajstić information content (AvgIpc) is 2.15. The molecule has 1 rings (SSSR count). The van der Waals surface area contributed by atoms with Crippen molar-refractivity contribution in [2.45, 2.75) is 31.8 Å². The lowest BCUT2D eigenvalue weighted by atomic mass is 9.87. The Morgan fingerprint density at radius 3 is 2.40 bits per heavy atom. The van der Waals surface area contributed by atoms with Crippen LogP contribution in [-0.4, -0.2) is 24.9 Å². The number of primary amides is 2. The molecule has 0 aromatic rings. The molecule has 2 atom stereocenters. The van der Waals surface area contributed by atoms with E-state index in [0.29, 0.717) is 0 Å². The minimum Gasteiger partial charge on any atom is -0.449 e. The van der Waals surface area contributed by atoms with Gasteiger partial charge >= 0.3 is 12.2 Å². The van der Waals surface area contributed by atoms with Gasteiger partial charge in [0, 0.05) is 5.92 Å². The number of hydrogen-bond acceptors (Lipinski definition) is 4. The molecule has 6 heteroatoms. The molecule has 0 aliphatic heterocycles. The first kappa shape index (κ1) is 11.6. The van der Waals surface area contributed by atoms with Crippen molar-refractivity contribution in [3.8, 4) is 0 Å². The van der Waals surface area contributed by atoms with Gasteiger partial charge in [-0.2, -0.15) is 0 Å². The first-order valence-electron chi connectivity index (χ1n) is 4.98. The predicted molar refractivity (Wildman–Crippen MR) is 51.9 cm³/mol. The molecule has 1 aliphatic carbocycles. The van der Waals surface area contributed by atoms with Crippen LogP contribution in [0.5, 0.6) is 0 Å². The Morgan fingerprint density at radius 2 is 1.80 bits per heavy atom. The summed E-state index contributed by atoms with van der Waals surface area (Å²) in [6.07, 6.45) is 1.79. The first-order chi connectivity index (χ1) is 7.09. The van der Waals surface area contributed by atoms with Crippen LogP contribution < -0.4 is 11.5 Å². The Balaban J connectivity index is 2.42. The van der Waals surface area contributed by atoms with Gasteiger partial charge in [0.25, 0.3) is 0 Å². The number of carbonyl (C=O) groups excluding carboxylic acids is 2. The van der Waals surface area contributed by atoms with Gasteiger partial charge in [-0.3, -0.25) is 0 Å². The van der Waals surface area contributed by atoms with Crippen LogP contribution >= 0.6 is 0 Å². The van der Waals surface area contributed by atoms with E-state index < -0.39 is 12.2 Å². The van der Waals surface area contributed by atoms with Gasteiger partial charge < -0.3 is 20.9 Å². The van der Waals surface area contributed by atoms with Crippen molar-refractivity contribution in [2.75, 3.05) is 6.61 Å². The van der Waals surface area contributed by atoms with Gasteiger partial charge in [-0.05, 0) is 19.3 Å². The molecular formula is C9H16N2O4. The lowest BCUT2D eigenvalue weighted by Crippen LogP contribution is -2.35. The van der Waals surface area contributed by atoms with Gasteiger partial charge in [0.15, 0.2) is 0 Å². The summed E-state index contributed by atoms with van der Waals surface area (Å²) >= 11 is 0. The van der Waals surface area contributed by atoms with E-state index in [1.807, 2.05) is 0 Å². The van der Waals surface area contributed by atoms with E-state index in [1.165, 1.54) is 0 Å². The predicted octanol–water partition coefficient (Wildman–Crippen LogP) is 0.736. The maximum absolute atomic E-state index is 10.6. The third-order valence-corrected chi connectivity index (χ3v) is 2.55. The second-order valence-electron chi connectivity index (χ2n) is 3.65. The zero-order valence-corrected chi connectivity index (χ0v) is 8.48. The molecule has 0 aromatic heterocycles. The van der Waals surface area contributed by atoms with Crippen LogP contribution in [-0.2, 0) is 9.47 Å². The fraction of sp³-hybridized carbons (Fsp3) is 0.778. The summed E-state index contributed by atoms with van der Waals surface area (Å²) in [5.74, 6) is 0.0127. The average molecular weight is 216 g/mol. The molecular weight excluding hydrogens is 200 g/mol. The van der Waals surface area contributed by atoms with E-state index in [0.717, 1.165) is 25.7 Å². The van der Waals surface area contributed by atoms with Crippen molar-refractivity contribution in [2.24, 2.45) is 17.4 Å². The van der Waals surface area contributed by atoms with Gasteiger partial charge in [-0.15, -0.1) is 0 Å². The normalized spacial score (nSPS) is 25.6. The number of amides is 2. The maximum Gasteiger partial charge on any atom is 0.404 e. The fourth-order valence-corrected chi connectivity index (χ4v) is 1.86. The van der Waals surface area contributed by atoms with Gasteiger partial charge in [0.2, 0.25) is 0 Å². The minimum atomic E-state index is -0.807. The number of carbonyl (C=O) groups is 2. The van der Waals surface area contributed by atoms with Crippen LogP contribution in [0.25, 0.3) is 0 Å². The molecule has 0 saturated heterocycles. The Bertz CT molecular complexity index is 244. The molecule has 0 unspecified atom stereocenters. The summed E-state index contributed by atoms with van der Waals surface area (Å²) in [6.45, 7) is 0.188. The largest absolute Gasteiger partial charge is 0.449 e. The van der Waals surface area contributed by atoms with Gasteiger partial charge in [-0.25, -0.2) is 9.59 Å². The van der Waals surface area contributed by atoms with E-state index in [-0.39, 0.29) is 18.6 Å². The van der Waals surface area contributed by atoms with E-state index in [1.54, 1.807) is 0 Å². The minimum absolute atomic E-state index is 0.0127. The highest BCUT2D eigenvalue weighted by Crippen LogP contribution is 2.27. The molecule has 0 heterocycles. The zero-order chi connectivity index (χ0) is 11.3. The third kappa shape index (κ3) is 4.05. The lowest BCUT2D eigenvalue weighted by Gasteiger charge is -2.29. The summed E-state index contributed by atoms with van der Waals surface area (Å²) in [4.78, 5) is 21.1. The highest BCUT2D eigenvalue weighted by molar-refractivity contribution is 5.65. The number of ether oxygens (including phenoxy) is 2. The Labute approximate surface area is 87.9 Å². The van der Waals surface area contributed by atoms with E-state index in [2.05, 4.69) is 0 Å². The smallest absolute Gasteiger partial charge is 0.404 e. The molecule has 86 valence electrons. The molecule has 2 amide bonds. The highest BCUT2D eigenvalue weighted by Gasteiger charge is 2.28. The molecule has 6 nitrogen and oxygen atoms in total. The zero-order valence-electron chi connectivity index (χ0n) is 8.48. The van der Waals surface area contributed by atoms with Gasteiger partial charge in [0.05, 0.1) is 6.61 Å². The van der Waals surface area contributed by atoms with Crippen molar-refractivity contribution < 1.29 is 19.1 Å². The van der Waals surface area contributed by atoms with Crippen LogP contribution in [0.4, 0.5) is 9.59 Å². The van der Waals surface area contributed by atoms with Crippen LogP contribution in [0, 0.1) is 5.92 Å². The molecule has 15 heavy (non-hydrogen) atoms. The van der Waals surface area contributed by atoms with Crippen LogP contribution in [0.15, 0.2) is 0 Å². The highest BCUT2D eigenvalue weighted by atomic mass is 16.6. The number of rotatable bonds is 3. The summed E-state index contributed by atoms with van der Waals surface area (Å²) in [6, 6.07) is 0. The van der Waals surface area contributed by atoms with Gasteiger partial charge in [0.1, 0.15) is 6.10 Å². The van der Waals surface area contributed by atoms with Crippen molar-refractivity contribution >= 4 is 12.2 Å². The number of nitrogens with two attached hydrogens (primary N) is 2. The maximum atomic E-state index is 10.6. The summed E-state index contributed by atoms with van der Waals surface area (Å²) in [5.41, 5.74) is 9.81. The van der Waals surface area contributed by atoms with Crippen molar-refractivity contribution in [3.63, 3.8) is 0 Å². The van der Waals surface area contributed by atoms with Gasteiger partial charge in [-0.1, -0.05) is 6.42 Å². The SMILES string of the molecule is NC(=O)OC[C@H]1CCCC[C@@H]1OC(N)=O. The summed E-state index contributed by atoms with van der Waals surface area (Å²) in [5, 5.41) is 0. The summed E-state index contributed by atoms with van der Waals surface area (Å²) < 4.78 is 9.64. The lowest BCUT2D eigenvalue weighted by molar-refractivity contribution is 0.0148.